The number of anilines is 1. The molecule has 22 heavy (non-hydrogen) atoms. The van der Waals surface area contributed by atoms with Crippen molar-refractivity contribution in [1.29, 1.82) is 0 Å². The fraction of sp³-hybridized carbons (Fsp3) is 0.176. The fourth-order valence-electron chi connectivity index (χ4n) is 2.61. The van der Waals surface area contributed by atoms with Crippen molar-refractivity contribution in [2.24, 2.45) is 0 Å². The Morgan fingerprint density at radius 3 is 2.73 bits per heavy atom. The average molecular weight is 358 g/mol. The van der Waals surface area contributed by atoms with Gasteiger partial charge < -0.3 is 5.73 Å². The Bertz CT molecular complexity index is 931. The quantitative estimate of drug-likeness (QED) is 0.712. The van der Waals surface area contributed by atoms with Crippen molar-refractivity contribution in [2.45, 2.75) is 20.3 Å². The summed E-state index contributed by atoms with van der Waals surface area (Å²) in [5.74, 6) is 0.717. The van der Waals surface area contributed by atoms with E-state index in [1.165, 1.54) is 0 Å². The highest BCUT2D eigenvalue weighted by molar-refractivity contribution is 9.10. The summed E-state index contributed by atoms with van der Waals surface area (Å²) in [7, 11) is 0. The van der Waals surface area contributed by atoms with Gasteiger partial charge in [-0.05, 0) is 52.7 Å². The van der Waals surface area contributed by atoms with Gasteiger partial charge in [0.1, 0.15) is 5.82 Å². The van der Waals surface area contributed by atoms with Gasteiger partial charge in [-0.3, -0.25) is 9.36 Å². The van der Waals surface area contributed by atoms with Crippen molar-refractivity contribution in [2.75, 3.05) is 5.73 Å². The maximum atomic E-state index is 12.9. The number of rotatable bonds is 2. The van der Waals surface area contributed by atoms with Gasteiger partial charge in [0.2, 0.25) is 0 Å². The summed E-state index contributed by atoms with van der Waals surface area (Å²) in [5, 5.41) is 0.603. The predicted octanol–water partition coefficient (Wildman–Crippen LogP) is 3.60. The van der Waals surface area contributed by atoms with Crippen LogP contribution in [0.5, 0.6) is 0 Å². The summed E-state index contributed by atoms with van der Waals surface area (Å²) >= 11 is 3.57. The summed E-state index contributed by atoms with van der Waals surface area (Å²) in [6, 6.07) is 11.1. The van der Waals surface area contributed by atoms with E-state index in [-0.39, 0.29) is 5.56 Å². The van der Waals surface area contributed by atoms with Crippen molar-refractivity contribution in [3.05, 3.63) is 62.6 Å². The van der Waals surface area contributed by atoms with Gasteiger partial charge >= 0.3 is 0 Å². The Morgan fingerprint density at radius 2 is 2.00 bits per heavy atom. The van der Waals surface area contributed by atoms with E-state index in [0.717, 1.165) is 27.1 Å². The second-order valence-electron chi connectivity index (χ2n) is 5.21. The van der Waals surface area contributed by atoms with Gasteiger partial charge in [-0.15, -0.1) is 0 Å². The molecule has 2 aromatic carbocycles. The highest BCUT2D eigenvalue weighted by atomic mass is 79.9. The topological polar surface area (TPSA) is 60.9 Å². The summed E-state index contributed by atoms with van der Waals surface area (Å²) < 4.78 is 2.51. The molecular formula is C17H16BrN3O. The molecular weight excluding hydrogens is 342 g/mol. The van der Waals surface area contributed by atoms with Crippen molar-refractivity contribution in [3.8, 4) is 5.69 Å². The minimum Gasteiger partial charge on any atom is -0.399 e. The van der Waals surface area contributed by atoms with Crippen LogP contribution in [0.1, 0.15) is 18.3 Å². The third-order valence-corrected chi connectivity index (χ3v) is 4.69. The number of aromatic nitrogens is 2. The van der Waals surface area contributed by atoms with E-state index >= 15 is 0 Å². The van der Waals surface area contributed by atoms with Crippen LogP contribution < -0.4 is 11.3 Å². The minimum atomic E-state index is -0.0758. The zero-order valence-electron chi connectivity index (χ0n) is 12.4. The first kappa shape index (κ1) is 14.8. The molecule has 0 bridgehead atoms. The second-order valence-corrected chi connectivity index (χ2v) is 6.00. The van der Waals surface area contributed by atoms with Crippen molar-refractivity contribution >= 4 is 32.5 Å². The average Bonchev–Trinajstić information content (AvgIpc) is 2.51. The van der Waals surface area contributed by atoms with Crippen LogP contribution in [0, 0.1) is 6.92 Å². The van der Waals surface area contributed by atoms with Crippen LogP contribution >= 0.6 is 15.9 Å². The second kappa shape index (κ2) is 5.57. The lowest BCUT2D eigenvalue weighted by Gasteiger charge is -2.16. The third-order valence-electron chi connectivity index (χ3n) is 3.66. The molecule has 0 saturated heterocycles. The molecule has 0 spiro atoms. The fourth-order valence-corrected chi connectivity index (χ4v) is 3.01. The molecule has 5 heteroatoms. The van der Waals surface area contributed by atoms with Gasteiger partial charge in [-0.2, -0.15) is 0 Å². The molecule has 0 amide bonds. The van der Waals surface area contributed by atoms with Crippen LogP contribution in [-0.4, -0.2) is 9.55 Å². The van der Waals surface area contributed by atoms with E-state index < -0.39 is 0 Å². The zero-order valence-corrected chi connectivity index (χ0v) is 14.0. The first-order valence-electron chi connectivity index (χ1n) is 7.09. The number of hydrogen-bond donors (Lipinski definition) is 1. The molecule has 1 heterocycles. The maximum absolute atomic E-state index is 12.9. The smallest absolute Gasteiger partial charge is 0.266 e. The normalized spacial score (nSPS) is 11.0. The van der Waals surface area contributed by atoms with Gasteiger partial charge in [-0.1, -0.05) is 19.1 Å². The zero-order chi connectivity index (χ0) is 15.9. The van der Waals surface area contributed by atoms with Gasteiger partial charge in [0.15, 0.2) is 0 Å². The highest BCUT2D eigenvalue weighted by Gasteiger charge is 2.15. The lowest BCUT2D eigenvalue weighted by molar-refractivity contribution is 0.830. The van der Waals surface area contributed by atoms with Crippen LogP contribution in [0.4, 0.5) is 5.69 Å². The van der Waals surface area contributed by atoms with E-state index in [0.29, 0.717) is 17.5 Å². The molecule has 1 aromatic heterocycles. The number of aryl methyl sites for hydroxylation is 2. The van der Waals surface area contributed by atoms with Gasteiger partial charge in [-0.25, -0.2) is 4.98 Å². The minimum absolute atomic E-state index is 0.0758. The number of para-hydroxylation sites is 1. The third kappa shape index (κ3) is 2.31. The molecule has 0 atom stereocenters. The number of benzene rings is 2. The molecule has 3 rings (SSSR count). The Kier molecular flexibility index (Phi) is 3.74. The van der Waals surface area contributed by atoms with Gasteiger partial charge in [0, 0.05) is 16.6 Å². The lowest BCUT2D eigenvalue weighted by atomic mass is 10.1. The van der Waals surface area contributed by atoms with E-state index in [1.54, 1.807) is 16.7 Å². The van der Waals surface area contributed by atoms with Gasteiger partial charge in [0.05, 0.1) is 16.6 Å². The Morgan fingerprint density at radius 1 is 1.27 bits per heavy atom. The van der Waals surface area contributed by atoms with E-state index in [9.17, 15) is 4.79 Å². The van der Waals surface area contributed by atoms with E-state index in [1.807, 2.05) is 38.1 Å². The standard InChI is InChI=1S/C17H16BrN3O/c1-3-15-20-13-7-5-4-6-12(13)17(22)21(15)14-9-11(19)8-10(2)16(14)18/h4-9H,3,19H2,1-2H3. The van der Waals surface area contributed by atoms with Crippen molar-refractivity contribution < 1.29 is 0 Å². The first-order valence-corrected chi connectivity index (χ1v) is 7.89. The molecule has 0 fully saturated rings. The van der Waals surface area contributed by atoms with Crippen molar-refractivity contribution in [3.63, 3.8) is 0 Å². The molecule has 2 N–H and O–H groups in total. The molecule has 0 unspecified atom stereocenters. The van der Waals surface area contributed by atoms with Gasteiger partial charge in [0.25, 0.3) is 5.56 Å². The first-order chi connectivity index (χ1) is 10.5. The van der Waals surface area contributed by atoms with Crippen molar-refractivity contribution in [1.82, 2.24) is 9.55 Å². The van der Waals surface area contributed by atoms with Crippen LogP contribution in [0.3, 0.4) is 0 Å². The number of fused-ring (bicyclic) bond motifs is 1. The number of nitrogens with zero attached hydrogens (tertiary/aromatic N) is 2. The number of nitrogens with two attached hydrogens (primary N) is 1. The van der Waals surface area contributed by atoms with E-state index in [4.69, 9.17) is 5.73 Å². The Balaban J connectivity index is 2.45. The Hall–Kier alpha value is -2.14. The van der Waals surface area contributed by atoms with Crippen LogP contribution in [0.2, 0.25) is 0 Å². The molecule has 112 valence electrons. The van der Waals surface area contributed by atoms with Crippen LogP contribution in [0.25, 0.3) is 16.6 Å². The molecule has 0 aliphatic heterocycles. The number of halogens is 1. The number of nitrogen functional groups attached to an aromatic ring is 1. The Labute approximate surface area is 136 Å². The molecule has 0 aliphatic rings. The summed E-state index contributed by atoms with van der Waals surface area (Å²) in [5.41, 5.74) is 8.95. The molecule has 4 nitrogen and oxygen atoms in total. The molecule has 0 aliphatic carbocycles. The monoisotopic (exact) mass is 357 g/mol. The van der Waals surface area contributed by atoms with Crippen LogP contribution in [0.15, 0.2) is 45.7 Å². The molecule has 0 radical (unpaired) electrons. The van der Waals surface area contributed by atoms with E-state index in [2.05, 4.69) is 20.9 Å². The predicted molar refractivity (Wildman–Crippen MR) is 93.6 cm³/mol. The maximum Gasteiger partial charge on any atom is 0.266 e. The molecule has 0 saturated carbocycles. The lowest BCUT2D eigenvalue weighted by Crippen LogP contribution is -2.24. The SMILES string of the molecule is CCc1nc2ccccc2c(=O)n1-c1cc(N)cc(C)c1Br. The number of hydrogen-bond acceptors (Lipinski definition) is 3. The summed E-state index contributed by atoms with van der Waals surface area (Å²) in [6.07, 6.45) is 0.653. The largest absolute Gasteiger partial charge is 0.399 e. The highest BCUT2D eigenvalue weighted by Crippen LogP contribution is 2.28. The summed E-state index contributed by atoms with van der Waals surface area (Å²) in [6.45, 7) is 3.94. The molecule has 3 aromatic rings. The van der Waals surface area contributed by atoms with Crippen LogP contribution in [-0.2, 0) is 6.42 Å². The summed E-state index contributed by atoms with van der Waals surface area (Å²) in [4.78, 5) is 17.6.